The van der Waals surface area contributed by atoms with Gasteiger partial charge in [-0.15, -0.1) is 0 Å². The lowest BCUT2D eigenvalue weighted by Crippen LogP contribution is -1.95. The van der Waals surface area contributed by atoms with E-state index >= 15 is 0 Å². The number of rotatable bonds is 1. The summed E-state index contributed by atoms with van der Waals surface area (Å²) >= 11 is -0.754. The van der Waals surface area contributed by atoms with Crippen molar-refractivity contribution in [1.82, 2.24) is 0 Å². The van der Waals surface area contributed by atoms with Crippen LogP contribution in [0.15, 0.2) is 29.2 Å². The van der Waals surface area contributed by atoms with Crippen LogP contribution in [-0.4, -0.2) is 10.8 Å². The van der Waals surface area contributed by atoms with E-state index in [1.54, 1.807) is 18.4 Å². The molecule has 1 N–H and O–H groups in total. The summed E-state index contributed by atoms with van der Waals surface area (Å²) in [6.07, 6.45) is 1.67. The highest BCUT2D eigenvalue weighted by Gasteiger charge is 2.09. The van der Waals surface area contributed by atoms with Gasteiger partial charge in [0, 0.05) is 0 Å². The summed E-state index contributed by atoms with van der Waals surface area (Å²) in [5.74, 6) is -0.269. The monoisotopic (exact) mass is 159 g/mol. The lowest BCUT2D eigenvalue weighted by molar-refractivity contribution is 0.624. The van der Waals surface area contributed by atoms with E-state index < -0.39 is 11.2 Å². The molecule has 3 heteroatoms. The smallest absolute Gasteiger partial charge is 0.189 e. The Morgan fingerprint density at radius 3 is 2.20 bits per heavy atom. The molecule has 0 bridgehead atoms. The molecule has 0 saturated carbocycles. The quantitative estimate of drug-likeness (QED) is 0.620. The van der Waals surface area contributed by atoms with E-state index in [0.717, 1.165) is 4.90 Å². The molecule has 1 atom stereocenters. The molecular weight excluding hydrogens is 151 g/mol. The van der Waals surface area contributed by atoms with Crippen molar-refractivity contribution in [2.45, 2.75) is 4.90 Å². The summed E-state index contributed by atoms with van der Waals surface area (Å²) < 4.78 is 21.3. The molecule has 1 aromatic carbocycles. The second kappa shape index (κ2) is 3.03. The largest absolute Gasteiger partial charge is 0.207 e. The van der Waals surface area contributed by atoms with E-state index in [-0.39, 0.29) is 5.82 Å². The molecule has 1 aromatic rings. The SMILES string of the molecule is C[S+](O)c1ccc(F)cc1. The summed E-state index contributed by atoms with van der Waals surface area (Å²) in [4.78, 5) is 0.765. The van der Waals surface area contributed by atoms with Crippen LogP contribution in [0.1, 0.15) is 0 Å². The molecule has 1 nitrogen and oxygen atoms in total. The normalized spacial score (nSPS) is 13.1. The molecule has 0 aliphatic rings. The van der Waals surface area contributed by atoms with Gasteiger partial charge in [0.2, 0.25) is 0 Å². The molecule has 0 radical (unpaired) electrons. The Morgan fingerprint density at radius 1 is 1.30 bits per heavy atom. The molecule has 0 saturated heterocycles. The fourth-order valence-electron chi connectivity index (χ4n) is 0.632. The molecule has 10 heavy (non-hydrogen) atoms. The number of benzene rings is 1. The van der Waals surface area contributed by atoms with Crippen LogP contribution < -0.4 is 0 Å². The Labute approximate surface area is 62.1 Å². The molecule has 0 aliphatic carbocycles. The molecule has 0 aliphatic heterocycles. The topological polar surface area (TPSA) is 20.2 Å². The maximum atomic E-state index is 12.3. The molecule has 0 spiro atoms. The summed E-state index contributed by atoms with van der Waals surface area (Å²) in [7, 11) is 0. The van der Waals surface area contributed by atoms with Gasteiger partial charge in [0.1, 0.15) is 12.1 Å². The first kappa shape index (κ1) is 7.57. The molecule has 1 unspecified atom stereocenters. The van der Waals surface area contributed by atoms with E-state index in [1.165, 1.54) is 12.1 Å². The highest BCUT2D eigenvalue weighted by atomic mass is 32.2. The standard InChI is InChI=1S/C7H8FOS/c1-10(9)7-4-2-6(8)3-5-7/h2-5,9H,1H3/q+1. The summed E-state index contributed by atoms with van der Waals surface area (Å²) in [5, 5.41) is 0. The van der Waals surface area contributed by atoms with Crippen molar-refractivity contribution in [3.05, 3.63) is 30.1 Å². The zero-order valence-electron chi connectivity index (χ0n) is 5.54. The van der Waals surface area contributed by atoms with Crippen molar-refractivity contribution in [3.8, 4) is 0 Å². The molecule has 54 valence electrons. The Hall–Kier alpha value is -0.540. The number of hydrogen-bond donors (Lipinski definition) is 1. The van der Waals surface area contributed by atoms with Crippen molar-refractivity contribution in [2.24, 2.45) is 0 Å². The second-order valence-corrected chi connectivity index (χ2v) is 3.36. The molecule has 0 heterocycles. The van der Waals surface area contributed by atoms with Crippen LogP contribution in [0.3, 0.4) is 0 Å². The molecule has 0 aromatic heterocycles. The highest BCUT2D eigenvalue weighted by Crippen LogP contribution is 2.08. The zero-order valence-corrected chi connectivity index (χ0v) is 6.36. The zero-order chi connectivity index (χ0) is 7.56. The highest BCUT2D eigenvalue weighted by molar-refractivity contribution is 7.90. The van der Waals surface area contributed by atoms with Crippen molar-refractivity contribution in [1.29, 1.82) is 0 Å². The van der Waals surface area contributed by atoms with Crippen LogP contribution >= 0.6 is 0 Å². The first-order valence-electron chi connectivity index (χ1n) is 2.81. The third-order valence-corrected chi connectivity index (χ3v) is 2.11. The van der Waals surface area contributed by atoms with Crippen molar-refractivity contribution in [2.75, 3.05) is 6.26 Å². The Morgan fingerprint density at radius 2 is 1.80 bits per heavy atom. The van der Waals surface area contributed by atoms with Gasteiger partial charge in [-0.25, -0.2) is 4.39 Å². The lowest BCUT2D eigenvalue weighted by atomic mass is 10.4. The molecule has 0 fully saturated rings. The van der Waals surface area contributed by atoms with Gasteiger partial charge in [0.25, 0.3) is 0 Å². The van der Waals surface area contributed by atoms with E-state index in [1.807, 2.05) is 0 Å². The van der Waals surface area contributed by atoms with Crippen LogP contribution in [-0.2, 0) is 11.2 Å². The third kappa shape index (κ3) is 1.72. The van der Waals surface area contributed by atoms with Crippen molar-refractivity contribution >= 4 is 11.2 Å². The minimum atomic E-state index is -0.754. The van der Waals surface area contributed by atoms with Crippen LogP contribution in [0.2, 0.25) is 0 Å². The Bertz CT molecular complexity index is 207. The summed E-state index contributed by atoms with van der Waals surface area (Å²) in [6, 6.07) is 5.85. The van der Waals surface area contributed by atoms with E-state index in [2.05, 4.69) is 0 Å². The second-order valence-electron chi connectivity index (χ2n) is 1.93. The van der Waals surface area contributed by atoms with Crippen molar-refractivity contribution < 1.29 is 8.94 Å². The van der Waals surface area contributed by atoms with Crippen LogP contribution in [0.4, 0.5) is 4.39 Å². The fraction of sp³-hybridized carbons (Fsp3) is 0.143. The van der Waals surface area contributed by atoms with E-state index in [4.69, 9.17) is 4.55 Å². The number of hydrogen-bond acceptors (Lipinski definition) is 1. The summed E-state index contributed by atoms with van der Waals surface area (Å²) in [5.41, 5.74) is 0. The lowest BCUT2D eigenvalue weighted by Gasteiger charge is -1.90. The van der Waals surface area contributed by atoms with Gasteiger partial charge < -0.3 is 0 Å². The van der Waals surface area contributed by atoms with Gasteiger partial charge in [-0.3, -0.25) is 0 Å². The van der Waals surface area contributed by atoms with Gasteiger partial charge in [0.05, 0.1) is 0 Å². The average Bonchev–Trinajstić information content (AvgIpc) is 1.88. The van der Waals surface area contributed by atoms with Crippen LogP contribution in [0.25, 0.3) is 0 Å². The maximum absolute atomic E-state index is 12.3. The predicted molar refractivity (Wildman–Crippen MR) is 40.6 cm³/mol. The van der Waals surface area contributed by atoms with Crippen LogP contribution in [0, 0.1) is 5.82 Å². The van der Waals surface area contributed by atoms with Crippen LogP contribution in [0.5, 0.6) is 0 Å². The van der Waals surface area contributed by atoms with Gasteiger partial charge >= 0.3 is 0 Å². The minimum Gasteiger partial charge on any atom is -0.207 e. The Kier molecular flexibility index (Phi) is 2.29. The number of halogens is 1. The first-order valence-corrected chi connectivity index (χ1v) is 4.40. The maximum Gasteiger partial charge on any atom is 0.189 e. The first-order chi connectivity index (χ1) is 4.70. The fourth-order valence-corrected chi connectivity index (χ4v) is 1.16. The van der Waals surface area contributed by atoms with Gasteiger partial charge in [0.15, 0.2) is 16.1 Å². The van der Waals surface area contributed by atoms with E-state index in [9.17, 15) is 4.39 Å². The predicted octanol–water partition coefficient (Wildman–Crippen LogP) is 1.91. The van der Waals surface area contributed by atoms with Gasteiger partial charge in [-0.2, -0.15) is 4.55 Å². The van der Waals surface area contributed by atoms with E-state index in [0.29, 0.717) is 0 Å². The molecule has 1 rings (SSSR count). The molecule has 0 amide bonds. The molecular formula is C7H8FOS+. The average molecular weight is 159 g/mol. The van der Waals surface area contributed by atoms with Gasteiger partial charge in [-0.1, -0.05) is 0 Å². The van der Waals surface area contributed by atoms with Gasteiger partial charge in [-0.05, 0) is 24.3 Å². The summed E-state index contributed by atoms with van der Waals surface area (Å²) in [6.45, 7) is 0. The third-order valence-electron chi connectivity index (χ3n) is 1.15. The van der Waals surface area contributed by atoms with Crippen molar-refractivity contribution in [3.63, 3.8) is 0 Å². The minimum absolute atomic E-state index is 0.269. The Balaban J connectivity index is 2.89.